The maximum Gasteiger partial charge on any atom is 0.257 e. The molecule has 0 radical (unpaired) electrons. The Labute approximate surface area is 158 Å². The molecule has 0 saturated carbocycles. The number of nitrogens with zero attached hydrogens (tertiary/aromatic N) is 4. The summed E-state index contributed by atoms with van der Waals surface area (Å²) in [6, 6.07) is 8.02. The summed E-state index contributed by atoms with van der Waals surface area (Å²) in [4.78, 5) is 25.5. The van der Waals surface area contributed by atoms with Gasteiger partial charge in [0.2, 0.25) is 0 Å². The number of hydrogen-bond acceptors (Lipinski definition) is 6. The average Bonchev–Trinajstić information content (AvgIpc) is 3.22. The van der Waals surface area contributed by atoms with Crippen molar-refractivity contribution in [1.29, 1.82) is 0 Å². The number of morpholine rings is 1. The van der Waals surface area contributed by atoms with Gasteiger partial charge in [-0.05, 0) is 23.6 Å². The van der Waals surface area contributed by atoms with Crippen LogP contribution in [0, 0.1) is 0 Å². The number of ether oxygens (including phenoxy) is 1. The van der Waals surface area contributed by atoms with E-state index in [4.69, 9.17) is 4.74 Å². The van der Waals surface area contributed by atoms with Crippen molar-refractivity contribution in [2.75, 3.05) is 57.4 Å². The Morgan fingerprint density at radius 2 is 1.88 bits per heavy atom. The number of thiophene rings is 1. The Bertz CT molecular complexity index is 723. The van der Waals surface area contributed by atoms with Crippen LogP contribution in [-0.2, 0) is 11.3 Å². The van der Waals surface area contributed by atoms with Crippen LogP contribution < -0.4 is 4.90 Å². The number of amides is 1. The SMILES string of the molecule is O=C(c1cccnc1N1CCOCC1)N1CCN(Cc2cccs2)CC1. The molecule has 0 N–H and O–H groups in total. The van der Waals surface area contributed by atoms with Gasteiger partial charge < -0.3 is 14.5 Å². The van der Waals surface area contributed by atoms with Crippen LogP contribution in [-0.4, -0.2) is 73.2 Å². The molecule has 6 nitrogen and oxygen atoms in total. The van der Waals surface area contributed by atoms with Crippen LogP contribution in [0.15, 0.2) is 35.8 Å². The zero-order valence-corrected chi connectivity index (χ0v) is 15.7. The summed E-state index contributed by atoms with van der Waals surface area (Å²) in [5, 5.41) is 2.12. The fourth-order valence-electron chi connectivity index (χ4n) is 3.49. The van der Waals surface area contributed by atoms with Gasteiger partial charge in [0.25, 0.3) is 5.91 Å². The Kier molecular flexibility index (Phi) is 5.48. The maximum atomic E-state index is 13.1. The zero-order chi connectivity index (χ0) is 17.8. The number of hydrogen-bond donors (Lipinski definition) is 0. The van der Waals surface area contributed by atoms with Gasteiger partial charge >= 0.3 is 0 Å². The second-order valence-electron chi connectivity index (χ2n) is 6.62. The van der Waals surface area contributed by atoms with Crippen molar-refractivity contribution < 1.29 is 9.53 Å². The van der Waals surface area contributed by atoms with Crippen molar-refractivity contribution in [2.45, 2.75) is 6.54 Å². The molecule has 138 valence electrons. The van der Waals surface area contributed by atoms with Crippen LogP contribution >= 0.6 is 11.3 Å². The summed E-state index contributed by atoms with van der Waals surface area (Å²) in [6.45, 7) is 7.28. The van der Waals surface area contributed by atoms with E-state index in [1.165, 1.54) is 4.88 Å². The predicted molar refractivity (Wildman–Crippen MR) is 103 cm³/mol. The zero-order valence-electron chi connectivity index (χ0n) is 14.8. The Morgan fingerprint density at radius 3 is 2.62 bits per heavy atom. The van der Waals surface area contributed by atoms with Gasteiger partial charge in [0.1, 0.15) is 5.82 Å². The smallest absolute Gasteiger partial charge is 0.257 e. The first kappa shape index (κ1) is 17.5. The number of anilines is 1. The topological polar surface area (TPSA) is 48.9 Å². The Morgan fingerprint density at radius 1 is 1.08 bits per heavy atom. The standard InChI is InChI=1S/C19H24N4O2S/c24-19(17-4-1-5-20-18(17)22-10-12-25-13-11-22)23-8-6-21(7-9-23)15-16-3-2-14-26-16/h1-5,14H,6-13,15H2. The minimum Gasteiger partial charge on any atom is -0.378 e. The molecule has 2 fully saturated rings. The third kappa shape index (κ3) is 3.90. The summed E-state index contributed by atoms with van der Waals surface area (Å²) < 4.78 is 5.42. The average molecular weight is 372 g/mol. The molecule has 2 aromatic heterocycles. The Balaban J connectivity index is 1.41. The number of pyridine rings is 1. The number of aromatic nitrogens is 1. The van der Waals surface area contributed by atoms with Crippen LogP contribution in [0.25, 0.3) is 0 Å². The van der Waals surface area contributed by atoms with Gasteiger partial charge in [-0.2, -0.15) is 0 Å². The van der Waals surface area contributed by atoms with Crippen molar-refractivity contribution >= 4 is 23.1 Å². The molecule has 2 saturated heterocycles. The molecule has 0 aliphatic carbocycles. The van der Waals surface area contributed by atoms with Crippen molar-refractivity contribution in [2.24, 2.45) is 0 Å². The molecular formula is C19H24N4O2S. The second-order valence-corrected chi connectivity index (χ2v) is 7.65. The lowest BCUT2D eigenvalue weighted by Crippen LogP contribution is -2.48. The van der Waals surface area contributed by atoms with Crippen LogP contribution in [0.5, 0.6) is 0 Å². The lowest BCUT2D eigenvalue weighted by molar-refractivity contribution is 0.0629. The lowest BCUT2D eigenvalue weighted by Gasteiger charge is -2.35. The van der Waals surface area contributed by atoms with Crippen LogP contribution in [0.1, 0.15) is 15.2 Å². The third-order valence-electron chi connectivity index (χ3n) is 4.95. The molecule has 2 aliphatic rings. The van der Waals surface area contributed by atoms with E-state index >= 15 is 0 Å². The third-order valence-corrected chi connectivity index (χ3v) is 5.81. The molecule has 0 unspecified atom stereocenters. The van der Waals surface area contributed by atoms with Gasteiger partial charge in [-0.15, -0.1) is 11.3 Å². The predicted octanol–water partition coefficient (Wildman–Crippen LogP) is 1.94. The molecule has 0 aromatic carbocycles. The molecular weight excluding hydrogens is 348 g/mol. The van der Waals surface area contributed by atoms with Crippen molar-refractivity contribution in [3.63, 3.8) is 0 Å². The van der Waals surface area contributed by atoms with Gasteiger partial charge in [0.05, 0.1) is 18.8 Å². The van der Waals surface area contributed by atoms with Crippen LogP contribution in [0.3, 0.4) is 0 Å². The van der Waals surface area contributed by atoms with Crippen LogP contribution in [0.2, 0.25) is 0 Å². The van der Waals surface area contributed by atoms with Gasteiger partial charge in [-0.3, -0.25) is 9.69 Å². The van der Waals surface area contributed by atoms with Crippen molar-refractivity contribution in [3.8, 4) is 0 Å². The van der Waals surface area contributed by atoms with Crippen molar-refractivity contribution in [3.05, 3.63) is 46.3 Å². The minimum atomic E-state index is 0.0929. The minimum absolute atomic E-state index is 0.0929. The highest BCUT2D eigenvalue weighted by atomic mass is 32.1. The molecule has 26 heavy (non-hydrogen) atoms. The molecule has 4 rings (SSSR count). The van der Waals surface area contributed by atoms with E-state index in [-0.39, 0.29) is 5.91 Å². The largest absolute Gasteiger partial charge is 0.378 e. The maximum absolute atomic E-state index is 13.1. The van der Waals surface area contributed by atoms with Gasteiger partial charge in [-0.1, -0.05) is 6.07 Å². The molecule has 4 heterocycles. The summed E-state index contributed by atoms with van der Waals surface area (Å²) in [5.74, 6) is 0.886. The Hall–Kier alpha value is -1.96. The summed E-state index contributed by atoms with van der Waals surface area (Å²) in [7, 11) is 0. The lowest BCUT2D eigenvalue weighted by atomic mass is 10.2. The van der Waals surface area contributed by atoms with Gasteiger partial charge in [0.15, 0.2) is 0 Å². The highest BCUT2D eigenvalue weighted by Crippen LogP contribution is 2.21. The summed E-state index contributed by atoms with van der Waals surface area (Å²) in [5.41, 5.74) is 0.709. The fraction of sp³-hybridized carbons (Fsp3) is 0.474. The summed E-state index contributed by atoms with van der Waals surface area (Å²) >= 11 is 1.79. The quantitative estimate of drug-likeness (QED) is 0.821. The molecule has 1 amide bonds. The van der Waals surface area contributed by atoms with Crippen LogP contribution in [0.4, 0.5) is 5.82 Å². The normalized spacial score (nSPS) is 18.9. The van der Waals surface area contributed by atoms with Gasteiger partial charge in [0, 0.05) is 56.9 Å². The summed E-state index contributed by atoms with van der Waals surface area (Å²) in [6.07, 6.45) is 1.76. The van der Waals surface area contributed by atoms with Gasteiger partial charge in [-0.25, -0.2) is 4.98 Å². The molecule has 7 heteroatoms. The highest BCUT2D eigenvalue weighted by Gasteiger charge is 2.26. The molecule has 2 aliphatic heterocycles. The fourth-order valence-corrected chi connectivity index (χ4v) is 4.24. The second kappa shape index (κ2) is 8.16. The monoisotopic (exact) mass is 372 g/mol. The van der Waals surface area contributed by atoms with E-state index in [2.05, 4.69) is 32.3 Å². The molecule has 0 bridgehead atoms. The number of piperazine rings is 1. The first-order chi connectivity index (χ1) is 12.8. The number of rotatable bonds is 4. The number of carbonyl (C=O) groups excluding carboxylic acids is 1. The highest BCUT2D eigenvalue weighted by molar-refractivity contribution is 7.09. The number of carbonyl (C=O) groups is 1. The van der Waals surface area contributed by atoms with E-state index in [0.29, 0.717) is 18.8 Å². The van der Waals surface area contributed by atoms with Crippen molar-refractivity contribution in [1.82, 2.24) is 14.8 Å². The molecule has 0 atom stereocenters. The van der Waals surface area contributed by atoms with E-state index in [0.717, 1.165) is 51.6 Å². The first-order valence-electron chi connectivity index (χ1n) is 9.13. The molecule has 2 aromatic rings. The van der Waals surface area contributed by atoms with E-state index in [9.17, 15) is 4.79 Å². The van der Waals surface area contributed by atoms with E-state index in [1.807, 2.05) is 17.0 Å². The molecule has 0 spiro atoms. The first-order valence-corrected chi connectivity index (χ1v) is 10.0. The van der Waals surface area contributed by atoms with E-state index in [1.54, 1.807) is 17.5 Å². The van der Waals surface area contributed by atoms with E-state index < -0.39 is 0 Å².